The van der Waals surface area contributed by atoms with Crippen molar-refractivity contribution in [2.24, 2.45) is 0 Å². The first-order chi connectivity index (χ1) is 13.6. The van der Waals surface area contributed by atoms with E-state index in [4.69, 9.17) is 4.74 Å². The summed E-state index contributed by atoms with van der Waals surface area (Å²) < 4.78 is 19.0. The number of para-hydroxylation sites is 1. The molecule has 2 N–H and O–H groups in total. The van der Waals surface area contributed by atoms with Crippen LogP contribution in [0.2, 0.25) is 0 Å². The molecule has 1 aliphatic heterocycles. The Morgan fingerprint density at radius 1 is 1.39 bits per heavy atom. The van der Waals surface area contributed by atoms with Crippen molar-refractivity contribution in [3.63, 3.8) is 0 Å². The second kappa shape index (κ2) is 8.01. The molecule has 1 aromatic heterocycles. The number of aliphatic hydroxyl groups excluding tert-OH is 1. The van der Waals surface area contributed by atoms with E-state index in [0.717, 1.165) is 30.4 Å². The number of rotatable bonds is 6. The first-order valence-electron chi connectivity index (χ1n) is 9.48. The van der Waals surface area contributed by atoms with Gasteiger partial charge in [0.1, 0.15) is 0 Å². The fourth-order valence-electron chi connectivity index (χ4n) is 3.89. The summed E-state index contributed by atoms with van der Waals surface area (Å²) in [6, 6.07) is 9.36. The predicted molar refractivity (Wildman–Crippen MR) is 111 cm³/mol. The van der Waals surface area contributed by atoms with Gasteiger partial charge >= 0.3 is 0 Å². The maximum Gasteiger partial charge on any atom is 0.167 e. The summed E-state index contributed by atoms with van der Waals surface area (Å²) in [5, 5.41) is 10.5. The standard InChI is InChI=1S/C21H24FN3O2S/c1-3-25-8-7-13(11-26)15-6-4-5-14(20(15)25)12-28-21-23-17-9-16(22)19(27-2)10-18(17)24-21/h4-6,9-10,13,26H,3,7-8,11-12H2,1-2H3,(H,23,24). The van der Waals surface area contributed by atoms with Crippen LogP contribution in [0.25, 0.3) is 11.0 Å². The number of aliphatic hydroxyl groups is 1. The molecule has 0 fully saturated rings. The first kappa shape index (κ1) is 19.1. The summed E-state index contributed by atoms with van der Waals surface area (Å²) in [4.78, 5) is 10.1. The molecule has 1 aliphatic rings. The van der Waals surface area contributed by atoms with Crippen LogP contribution in [-0.4, -0.2) is 41.9 Å². The number of nitrogens with zero attached hydrogens (tertiary/aromatic N) is 2. The van der Waals surface area contributed by atoms with E-state index in [1.807, 2.05) is 0 Å². The third kappa shape index (κ3) is 3.44. The number of anilines is 1. The van der Waals surface area contributed by atoms with Gasteiger partial charge in [0.15, 0.2) is 16.7 Å². The van der Waals surface area contributed by atoms with E-state index < -0.39 is 5.82 Å². The maximum atomic E-state index is 13.9. The molecule has 0 saturated heterocycles. The van der Waals surface area contributed by atoms with Crippen molar-refractivity contribution in [2.45, 2.75) is 30.2 Å². The van der Waals surface area contributed by atoms with E-state index in [1.165, 1.54) is 30.0 Å². The number of methoxy groups -OCH3 is 1. The highest BCUT2D eigenvalue weighted by molar-refractivity contribution is 7.98. The molecule has 2 aromatic carbocycles. The Bertz CT molecular complexity index is 991. The van der Waals surface area contributed by atoms with E-state index in [1.54, 1.807) is 17.8 Å². The molecule has 28 heavy (non-hydrogen) atoms. The molecule has 1 unspecified atom stereocenters. The van der Waals surface area contributed by atoms with Crippen LogP contribution >= 0.6 is 11.8 Å². The number of aromatic amines is 1. The fourth-order valence-corrected chi connectivity index (χ4v) is 4.76. The van der Waals surface area contributed by atoms with E-state index in [0.29, 0.717) is 11.0 Å². The van der Waals surface area contributed by atoms with E-state index in [-0.39, 0.29) is 18.3 Å². The normalized spacial score (nSPS) is 16.4. The number of thioether (sulfide) groups is 1. The van der Waals surface area contributed by atoms with E-state index >= 15 is 0 Å². The van der Waals surface area contributed by atoms with Crippen LogP contribution in [0.3, 0.4) is 0 Å². The molecule has 0 saturated carbocycles. The van der Waals surface area contributed by atoms with Crippen LogP contribution < -0.4 is 9.64 Å². The Morgan fingerprint density at radius 2 is 2.25 bits per heavy atom. The zero-order valence-electron chi connectivity index (χ0n) is 16.0. The Balaban J connectivity index is 1.61. The van der Waals surface area contributed by atoms with Crippen molar-refractivity contribution in [1.29, 1.82) is 0 Å². The summed E-state index contributed by atoms with van der Waals surface area (Å²) in [7, 11) is 1.45. The fraction of sp³-hybridized carbons (Fsp3) is 0.381. The van der Waals surface area contributed by atoms with Gasteiger partial charge in [-0.3, -0.25) is 0 Å². The number of H-pyrrole nitrogens is 1. The monoisotopic (exact) mass is 401 g/mol. The Kier molecular flexibility index (Phi) is 5.46. The van der Waals surface area contributed by atoms with Crippen LogP contribution in [0.4, 0.5) is 10.1 Å². The average Bonchev–Trinajstić information content (AvgIpc) is 3.12. The molecule has 0 spiro atoms. The summed E-state index contributed by atoms with van der Waals surface area (Å²) in [6.07, 6.45) is 0.977. The second-order valence-electron chi connectivity index (χ2n) is 6.94. The number of benzene rings is 2. The number of hydrogen-bond donors (Lipinski definition) is 2. The highest BCUT2D eigenvalue weighted by atomic mass is 32.2. The van der Waals surface area contributed by atoms with Crippen molar-refractivity contribution in [3.8, 4) is 5.75 Å². The number of halogens is 1. The molecule has 7 heteroatoms. The minimum absolute atomic E-state index is 0.179. The number of aromatic nitrogens is 2. The molecule has 0 amide bonds. The molecule has 5 nitrogen and oxygen atoms in total. The van der Waals surface area contributed by atoms with Gasteiger partial charge in [-0.05, 0) is 24.5 Å². The number of nitrogens with one attached hydrogen (secondary N) is 1. The highest BCUT2D eigenvalue weighted by Crippen LogP contribution is 2.39. The van der Waals surface area contributed by atoms with Gasteiger partial charge < -0.3 is 19.7 Å². The summed E-state index contributed by atoms with van der Waals surface area (Å²) in [6.45, 7) is 4.24. The molecule has 0 bridgehead atoms. The molecule has 0 aliphatic carbocycles. The molecule has 3 aromatic rings. The van der Waals surface area contributed by atoms with Crippen molar-refractivity contribution >= 4 is 28.5 Å². The molecular formula is C21H24FN3O2S. The topological polar surface area (TPSA) is 61.4 Å². The predicted octanol–water partition coefficient (Wildman–Crippen LogP) is 4.31. The Hall–Kier alpha value is -2.25. The summed E-state index contributed by atoms with van der Waals surface area (Å²) in [5.74, 6) is 0.740. The van der Waals surface area contributed by atoms with Gasteiger partial charge in [0.05, 0.1) is 24.8 Å². The Labute approximate surface area is 167 Å². The van der Waals surface area contributed by atoms with Gasteiger partial charge in [0.25, 0.3) is 0 Å². The number of imidazole rings is 1. The minimum Gasteiger partial charge on any atom is -0.494 e. The third-order valence-electron chi connectivity index (χ3n) is 5.35. The molecule has 148 valence electrons. The summed E-state index contributed by atoms with van der Waals surface area (Å²) >= 11 is 1.59. The summed E-state index contributed by atoms with van der Waals surface area (Å²) in [5.41, 5.74) is 5.04. The van der Waals surface area contributed by atoms with Crippen molar-refractivity contribution in [3.05, 3.63) is 47.3 Å². The molecule has 0 radical (unpaired) electrons. The van der Waals surface area contributed by atoms with Crippen molar-refractivity contribution in [1.82, 2.24) is 9.97 Å². The van der Waals surface area contributed by atoms with E-state index in [2.05, 4.69) is 40.0 Å². The van der Waals surface area contributed by atoms with Gasteiger partial charge in [-0.1, -0.05) is 30.0 Å². The minimum atomic E-state index is -0.402. The number of ether oxygens (including phenoxy) is 1. The second-order valence-corrected chi connectivity index (χ2v) is 7.90. The van der Waals surface area contributed by atoms with Crippen molar-refractivity contribution in [2.75, 3.05) is 31.7 Å². The highest BCUT2D eigenvalue weighted by Gasteiger charge is 2.26. The SMILES string of the molecule is CCN1CCC(CO)c2cccc(CSc3nc4cc(OC)c(F)cc4[nH]3)c21. The average molecular weight is 402 g/mol. The van der Waals surface area contributed by atoms with E-state index in [9.17, 15) is 9.50 Å². The lowest BCUT2D eigenvalue weighted by Gasteiger charge is -2.36. The smallest absolute Gasteiger partial charge is 0.167 e. The zero-order valence-corrected chi connectivity index (χ0v) is 16.9. The number of hydrogen-bond acceptors (Lipinski definition) is 5. The van der Waals surface area contributed by atoms with Gasteiger partial charge in [-0.2, -0.15) is 0 Å². The van der Waals surface area contributed by atoms with Crippen LogP contribution in [0.5, 0.6) is 5.75 Å². The molecule has 4 rings (SSSR count). The van der Waals surface area contributed by atoms with Gasteiger partial charge in [-0.15, -0.1) is 0 Å². The van der Waals surface area contributed by atoms with Gasteiger partial charge in [-0.25, -0.2) is 9.37 Å². The largest absolute Gasteiger partial charge is 0.494 e. The quantitative estimate of drug-likeness (QED) is 0.603. The molecular weight excluding hydrogens is 377 g/mol. The van der Waals surface area contributed by atoms with Gasteiger partial charge in [0, 0.05) is 42.6 Å². The lowest BCUT2D eigenvalue weighted by molar-refractivity contribution is 0.257. The van der Waals surface area contributed by atoms with Gasteiger partial charge in [0.2, 0.25) is 0 Å². The lowest BCUT2D eigenvalue weighted by atomic mass is 9.88. The maximum absolute atomic E-state index is 13.9. The van der Waals surface area contributed by atoms with Crippen molar-refractivity contribution < 1.29 is 14.2 Å². The van der Waals surface area contributed by atoms with Crippen LogP contribution in [0, 0.1) is 5.82 Å². The first-order valence-corrected chi connectivity index (χ1v) is 10.5. The third-order valence-corrected chi connectivity index (χ3v) is 6.28. The van der Waals surface area contributed by atoms with Crippen LogP contribution in [-0.2, 0) is 5.75 Å². The number of fused-ring (bicyclic) bond motifs is 2. The lowest BCUT2D eigenvalue weighted by Crippen LogP contribution is -2.32. The van der Waals surface area contributed by atoms with Crippen LogP contribution in [0.15, 0.2) is 35.5 Å². The molecule has 2 heterocycles. The Morgan fingerprint density at radius 3 is 3.00 bits per heavy atom. The zero-order chi connectivity index (χ0) is 19.7. The molecule has 1 atom stereocenters. The van der Waals surface area contributed by atoms with Crippen LogP contribution in [0.1, 0.15) is 30.4 Å².